The molecule has 2 saturated heterocycles. The van der Waals surface area contributed by atoms with Crippen molar-refractivity contribution in [2.24, 2.45) is 0 Å². The number of carbonyl (C=O) groups is 1. The number of hydrogen-bond acceptors (Lipinski definition) is 4. The minimum atomic E-state index is -2.96. The Morgan fingerprint density at radius 1 is 1.44 bits per heavy atom. The summed E-state index contributed by atoms with van der Waals surface area (Å²) in [6, 6.07) is -0.195. The van der Waals surface area contributed by atoms with Gasteiger partial charge in [-0.3, -0.25) is 10.1 Å². The second-order valence-corrected chi connectivity index (χ2v) is 7.09. The van der Waals surface area contributed by atoms with Crippen LogP contribution in [0, 0.1) is 0 Å². The summed E-state index contributed by atoms with van der Waals surface area (Å²) in [6.45, 7) is 4.05. The number of hydrogen-bond donors (Lipinski definition) is 1. The summed E-state index contributed by atoms with van der Waals surface area (Å²) in [6.07, 6.45) is 1.36. The lowest BCUT2D eigenvalue weighted by molar-refractivity contribution is -0.129. The van der Waals surface area contributed by atoms with E-state index in [9.17, 15) is 13.2 Å². The summed E-state index contributed by atoms with van der Waals surface area (Å²) in [7, 11) is -2.96. The SMILES string of the molecule is CC1NC(C)N(CC2CCCS2(=O)=O)C1=O. The van der Waals surface area contributed by atoms with E-state index in [2.05, 4.69) is 5.32 Å². The standard InChI is InChI=1S/C10H18N2O3S/c1-7-10(13)12(8(2)11-7)6-9-4-3-5-16(9,14)15/h7-9,11H,3-6H2,1-2H3. The minimum absolute atomic E-state index is 0.00889. The maximum Gasteiger partial charge on any atom is 0.240 e. The molecule has 0 radical (unpaired) electrons. The Labute approximate surface area is 96.1 Å². The first-order chi connectivity index (χ1) is 7.42. The lowest BCUT2D eigenvalue weighted by Gasteiger charge is -2.23. The van der Waals surface area contributed by atoms with Crippen LogP contribution in [0.5, 0.6) is 0 Å². The Hall–Kier alpha value is -0.620. The van der Waals surface area contributed by atoms with Crippen LogP contribution in [0.15, 0.2) is 0 Å². The molecule has 2 heterocycles. The summed E-state index contributed by atoms with van der Waals surface area (Å²) in [5.74, 6) is 0.284. The molecule has 2 aliphatic rings. The van der Waals surface area contributed by atoms with E-state index in [0.717, 1.165) is 6.42 Å². The predicted octanol–water partition coefficient (Wildman–Crippen LogP) is -0.270. The van der Waals surface area contributed by atoms with Crippen LogP contribution in [-0.4, -0.2) is 49.0 Å². The zero-order valence-corrected chi connectivity index (χ0v) is 10.5. The highest BCUT2D eigenvalue weighted by Crippen LogP contribution is 2.23. The topological polar surface area (TPSA) is 66.5 Å². The van der Waals surface area contributed by atoms with Gasteiger partial charge in [-0.1, -0.05) is 0 Å². The number of nitrogens with one attached hydrogen (secondary N) is 1. The smallest absolute Gasteiger partial charge is 0.240 e. The molecule has 0 aromatic carbocycles. The van der Waals surface area contributed by atoms with Crippen LogP contribution in [0.1, 0.15) is 26.7 Å². The van der Waals surface area contributed by atoms with Gasteiger partial charge in [-0.2, -0.15) is 0 Å². The van der Waals surface area contributed by atoms with Gasteiger partial charge in [-0.25, -0.2) is 8.42 Å². The third-order valence-electron chi connectivity index (χ3n) is 3.48. The van der Waals surface area contributed by atoms with Crippen molar-refractivity contribution in [1.29, 1.82) is 0 Å². The molecule has 0 aromatic rings. The minimum Gasteiger partial charge on any atom is -0.325 e. The largest absolute Gasteiger partial charge is 0.325 e. The number of sulfone groups is 1. The lowest BCUT2D eigenvalue weighted by Crippen LogP contribution is -2.41. The first-order valence-corrected chi connectivity index (χ1v) is 7.41. The van der Waals surface area contributed by atoms with Crippen molar-refractivity contribution in [3.05, 3.63) is 0 Å². The normalized spacial score (nSPS) is 38.2. The van der Waals surface area contributed by atoms with E-state index < -0.39 is 9.84 Å². The summed E-state index contributed by atoms with van der Waals surface area (Å²) in [5, 5.41) is 2.74. The molecule has 5 nitrogen and oxygen atoms in total. The Morgan fingerprint density at radius 3 is 2.56 bits per heavy atom. The van der Waals surface area contributed by atoms with Crippen molar-refractivity contribution in [2.45, 2.75) is 44.1 Å². The fourth-order valence-electron chi connectivity index (χ4n) is 2.49. The van der Waals surface area contributed by atoms with Crippen LogP contribution in [-0.2, 0) is 14.6 Å². The average Bonchev–Trinajstić information content (AvgIpc) is 2.62. The van der Waals surface area contributed by atoms with E-state index in [4.69, 9.17) is 0 Å². The maximum atomic E-state index is 11.8. The molecule has 0 aliphatic carbocycles. The van der Waals surface area contributed by atoms with E-state index in [1.807, 2.05) is 13.8 Å². The summed E-state index contributed by atoms with van der Waals surface area (Å²) in [4.78, 5) is 13.4. The van der Waals surface area contributed by atoms with Gasteiger partial charge in [-0.05, 0) is 26.7 Å². The third kappa shape index (κ3) is 1.96. The molecular weight excluding hydrogens is 228 g/mol. The third-order valence-corrected chi connectivity index (χ3v) is 5.73. The molecule has 16 heavy (non-hydrogen) atoms. The van der Waals surface area contributed by atoms with Crippen LogP contribution in [0.3, 0.4) is 0 Å². The molecular formula is C10H18N2O3S. The highest BCUT2D eigenvalue weighted by molar-refractivity contribution is 7.92. The average molecular weight is 246 g/mol. The Morgan fingerprint density at radius 2 is 2.12 bits per heavy atom. The van der Waals surface area contributed by atoms with Crippen LogP contribution in [0.4, 0.5) is 0 Å². The summed E-state index contributed by atoms with van der Waals surface area (Å²) >= 11 is 0. The van der Waals surface area contributed by atoms with Crippen LogP contribution in [0.2, 0.25) is 0 Å². The first-order valence-electron chi connectivity index (χ1n) is 5.70. The van der Waals surface area contributed by atoms with E-state index in [1.165, 1.54) is 0 Å². The molecule has 6 heteroatoms. The molecule has 2 rings (SSSR count). The summed E-state index contributed by atoms with van der Waals surface area (Å²) in [5.41, 5.74) is 0. The number of amides is 1. The molecule has 2 fully saturated rings. The quantitative estimate of drug-likeness (QED) is 0.728. The van der Waals surface area contributed by atoms with Gasteiger partial charge >= 0.3 is 0 Å². The van der Waals surface area contributed by atoms with E-state index in [-0.39, 0.29) is 29.1 Å². The highest BCUT2D eigenvalue weighted by Gasteiger charge is 2.39. The van der Waals surface area contributed by atoms with Gasteiger partial charge in [0.2, 0.25) is 5.91 Å². The summed E-state index contributed by atoms with van der Waals surface area (Å²) < 4.78 is 23.4. The molecule has 2 aliphatic heterocycles. The molecule has 0 spiro atoms. The van der Waals surface area contributed by atoms with Crippen LogP contribution < -0.4 is 5.32 Å². The van der Waals surface area contributed by atoms with Gasteiger partial charge in [0.15, 0.2) is 9.84 Å². The van der Waals surface area contributed by atoms with Gasteiger partial charge in [-0.15, -0.1) is 0 Å². The van der Waals surface area contributed by atoms with Crippen molar-refractivity contribution in [3.8, 4) is 0 Å². The zero-order valence-electron chi connectivity index (χ0n) is 9.64. The van der Waals surface area contributed by atoms with Gasteiger partial charge < -0.3 is 4.90 Å². The molecule has 0 bridgehead atoms. The van der Waals surface area contributed by atoms with Crippen LogP contribution >= 0.6 is 0 Å². The van der Waals surface area contributed by atoms with E-state index >= 15 is 0 Å². The second kappa shape index (κ2) is 4.00. The Bertz CT molecular complexity index is 393. The van der Waals surface area contributed by atoms with Crippen LogP contribution in [0.25, 0.3) is 0 Å². The molecule has 3 atom stereocenters. The highest BCUT2D eigenvalue weighted by atomic mass is 32.2. The van der Waals surface area contributed by atoms with Gasteiger partial charge in [0.05, 0.1) is 23.2 Å². The van der Waals surface area contributed by atoms with Crippen molar-refractivity contribution in [3.63, 3.8) is 0 Å². The second-order valence-electron chi connectivity index (χ2n) is 4.69. The fraction of sp³-hybridized carbons (Fsp3) is 0.900. The van der Waals surface area contributed by atoms with Gasteiger partial charge in [0, 0.05) is 6.54 Å². The molecule has 1 N–H and O–H groups in total. The van der Waals surface area contributed by atoms with Gasteiger partial charge in [0.25, 0.3) is 0 Å². The van der Waals surface area contributed by atoms with Crippen molar-refractivity contribution >= 4 is 15.7 Å². The van der Waals surface area contributed by atoms with E-state index in [0.29, 0.717) is 13.0 Å². The number of rotatable bonds is 2. The van der Waals surface area contributed by atoms with Crippen molar-refractivity contribution < 1.29 is 13.2 Å². The monoisotopic (exact) mass is 246 g/mol. The molecule has 0 aromatic heterocycles. The predicted molar refractivity (Wildman–Crippen MR) is 60.6 cm³/mol. The Balaban J connectivity index is 2.08. The molecule has 92 valence electrons. The molecule has 3 unspecified atom stereocenters. The lowest BCUT2D eigenvalue weighted by atomic mass is 10.2. The molecule has 0 saturated carbocycles. The zero-order chi connectivity index (χ0) is 11.9. The maximum absolute atomic E-state index is 11.8. The van der Waals surface area contributed by atoms with Gasteiger partial charge in [0.1, 0.15) is 0 Å². The fourth-order valence-corrected chi connectivity index (χ4v) is 4.31. The molecule has 1 amide bonds. The number of carbonyl (C=O) groups excluding carboxylic acids is 1. The van der Waals surface area contributed by atoms with Crippen molar-refractivity contribution in [2.75, 3.05) is 12.3 Å². The Kier molecular flexibility index (Phi) is 2.96. The van der Waals surface area contributed by atoms with E-state index in [1.54, 1.807) is 4.90 Å². The van der Waals surface area contributed by atoms with Crippen molar-refractivity contribution in [1.82, 2.24) is 10.2 Å². The number of nitrogens with zero attached hydrogens (tertiary/aromatic N) is 1. The first kappa shape index (κ1) is 11.9.